The number of para-hydroxylation sites is 1. The van der Waals surface area contributed by atoms with Gasteiger partial charge in [0, 0.05) is 37.9 Å². The Balaban J connectivity index is 1.58. The summed E-state index contributed by atoms with van der Waals surface area (Å²) in [5.74, 6) is -6.71. The van der Waals surface area contributed by atoms with Crippen molar-refractivity contribution >= 4 is 36.7 Å². The number of rotatable bonds is 7. The highest BCUT2D eigenvalue weighted by molar-refractivity contribution is 6.47. The fourth-order valence-electron chi connectivity index (χ4n) is 4.53. The number of ketones is 1. The Labute approximate surface area is 221 Å². The predicted octanol–water partition coefficient (Wildman–Crippen LogP) is 0.511. The number of amides is 4. The fraction of sp³-hybridized carbons (Fsp3) is 0.333. The van der Waals surface area contributed by atoms with E-state index in [-0.39, 0.29) is 37.4 Å². The third-order valence-electron chi connectivity index (χ3n) is 6.57. The second kappa shape index (κ2) is 11.1. The molecular formula is C24H24BFN4O9. The van der Waals surface area contributed by atoms with Crippen LogP contribution in [0, 0.1) is 5.82 Å². The number of piperazine rings is 1. The molecule has 1 aromatic heterocycles. The largest absolute Gasteiger partial charge is 0.535 e. The molecule has 2 aromatic rings. The number of pyridine rings is 1. The summed E-state index contributed by atoms with van der Waals surface area (Å²) in [5.41, 5.74) is -0.304. The van der Waals surface area contributed by atoms with Gasteiger partial charge in [-0.1, -0.05) is 12.1 Å². The summed E-state index contributed by atoms with van der Waals surface area (Å²) in [6.45, 7) is 1.84. The molecule has 4 amide bonds. The second-order valence-corrected chi connectivity index (χ2v) is 9.03. The number of likely N-dealkylation sites (N-methyl/N-ethyl adjacent to an activating group) is 1. The third kappa shape index (κ3) is 5.52. The quantitative estimate of drug-likeness (QED) is 0.284. The summed E-state index contributed by atoms with van der Waals surface area (Å²) in [4.78, 5) is 68.2. The Morgan fingerprint density at radius 1 is 1.26 bits per heavy atom. The van der Waals surface area contributed by atoms with Crippen LogP contribution in [0.5, 0.6) is 11.5 Å². The van der Waals surface area contributed by atoms with E-state index in [2.05, 4.69) is 10.3 Å². The van der Waals surface area contributed by atoms with Crippen LogP contribution >= 0.6 is 0 Å². The van der Waals surface area contributed by atoms with Crippen LogP contribution in [0.2, 0.25) is 5.82 Å². The van der Waals surface area contributed by atoms with Crippen molar-refractivity contribution in [1.82, 2.24) is 20.1 Å². The number of aromatic carboxylic acids is 1. The summed E-state index contributed by atoms with van der Waals surface area (Å²) in [7, 11) is -1.60. The Bertz CT molecular complexity index is 1360. The average molecular weight is 542 g/mol. The van der Waals surface area contributed by atoms with E-state index >= 15 is 0 Å². The minimum Gasteiger partial charge on any atom is -0.535 e. The van der Waals surface area contributed by atoms with Crippen molar-refractivity contribution in [1.29, 1.82) is 0 Å². The first-order chi connectivity index (χ1) is 18.5. The zero-order valence-electron chi connectivity index (χ0n) is 20.7. The molecule has 0 aliphatic carbocycles. The van der Waals surface area contributed by atoms with Gasteiger partial charge in [0.2, 0.25) is 0 Å². The Morgan fingerprint density at radius 3 is 2.67 bits per heavy atom. The molecule has 0 radical (unpaired) electrons. The van der Waals surface area contributed by atoms with Crippen LogP contribution in [0.4, 0.5) is 9.18 Å². The van der Waals surface area contributed by atoms with Gasteiger partial charge in [0.15, 0.2) is 11.6 Å². The molecule has 39 heavy (non-hydrogen) atoms. The van der Waals surface area contributed by atoms with E-state index in [0.717, 1.165) is 6.20 Å². The number of nitrogens with one attached hydrogen (secondary N) is 1. The molecule has 1 aromatic carbocycles. The molecule has 2 aliphatic rings. The number of urea groups is 1. The first-order valence-electron chi connectivity index (χ1n) is 12.0. The van der Waals surface area contributed by atoms with E-state index in [0.29, 0.717) is 16.5 Å². The first kappa shape index (κ1) is 27.5. The van der Waals surface area contributed by atoms with E-state index in [1.165, 1.54) is 17.0 Å². The fourth-order valence-corrected chi connectivity index (χ4v) is 4.53. The van der Waals surface area contributed by atoms with Gasteiger partial charge in [0.1, 0.15) is 23.2 Å². The van der Waals surface area contributed by atoms with Crippen molar-refractivity contribution in [3.63, 3.8) is 0 Å². The smallest absolute Gasteiger partial charge is 0.526 e. The number of Topliss-reactive ketones (excluding diaryl/α,β-unsaturated/α-hetero) is 1. The van der Waals surface area contributed by atoms with Crippen molar-refractivity contribution in [2.24, 2.45) is 0 Å². The molecular weight excluding hydrogens is 518 g/mol. The summed E-state index contributed by atoms with van der Waals surface area (Å²) < 4.78 is 20.2. The predicted molar refractivity (Wildman–Crippen MR) is 130 cm³/mol. The highest BCUT2D eigenvalue weighted by Gasteiger charge is 2.41. The molecule has 1 unspecified atom stereocenters. The van der Waals surface area contributed by atoms with Crippen LogP contribution < -0.4 is 9.97 Å². The van der Waals surface area contributed by atoms with Gasteiger partial charge in [-0.3, -0.25) is 24.3 Å². The van der Waals surface area contributed by atoms with Crippen molar-refractivity contribution in [3.05, 3.63) is 53.1 Å². The summed E-state index contributed by atoms with van der Waals surface area (Å²) in [6, 6.07) is 2.15. The van der Waals surface area contributed by atoms with Gasteiger partial charge in [0.25, 0.3) is 0 Å². The third-order valence-corrected chi connectivity index (χ3v) is 6.57. The molecule has 2 atom stereocenters. The van der Waals surface area contributed by atoms with Gasteiger partial charge in [0.05, 0.1) is 11.8 Å². The molecule has 0 spiro atoms. The number of nitrogens with zero attached hydrogens (tertiary/aromatic N) is 3. The van der Waals surface area contributed by atoms with E-state index < -0.39 is 72.3 Å². The van der Waals surface area contributed by atoms with E-state index in [1.54, 1.807) is 13.0 Å². The number of hydrogen-bond acceptors (Lipinski definition) is 9. The first-order valence-corrected chi connectivity index (χ1v) is 12.0. The number of aromatic hydroxyl groups is 1. The molecule has 2 aliphatic heterocycles. The highest BCUT2D eigenvalue weighted by atomic mass is 19.1. The number of imide groups is 1. The zero-order chi connectivity index (χ0) is 28.4. The van der Waals surface area contributed by atoms with E-state index in [4.69, 9.17) is 4.65 Å². The second-order valence-electron chi connectivity index (χ2n) is 9.03. The molecule has 1 fully saturated rings. The summed E-state index contributed by atoms with van der Waals surface area (Å²) >= 11 is 0. The van der Waals surface area contributed by atoms with Crippen LogP contribution in [0.25, 0.3) is 0 Å². The van der Waals surface area contributed by atoms with Gasteiger partial charge in [-0.05, 0) is 25.0 Å². The van der Waals surface area contributed by atoms with Crippen molar-refractivity contribution in [3.8, 4) is 11.5 Å². The van der Waals surface area contributed by atoms with Crippen LogP contribution in [-0.2, 0) is 20.8 Å². The number of hydrogen-bond donors (Lipinski definition) is 4. The maximum Gasteiger partial charge on any atom is 0.526 e. The number of carboxylic acids is 1. The summed E-state index contributed by atoms with van der Waals surface area (Å²) in [6.07, 6.45) is 0.421. The molecule has 0 bridgehead atoms. The minimum atomic E-state index is -1.76. The van der Waals surface area contributed by atoms with Crippen LogP contribution in [0.3, 0.4) is 0 Å². The van der Waals surface area contributed by atoms with E-state index in [1.807, 2.05) is 0 Å². The molecule has 4 N–H and O–H groups in total. The lowest BCUT2D eigenvalue weighted by molar-refractivity contribution is -0.153. The molecule has 13 nitrogen and oxygen atoms in total. The van der Waals surface area contributed by atoms with Crippen molar-refractivity contribution < 1.29 is 48.3 Å². The zero-order valence-corrected chi connectivity index (χ0v) is 20.7. The molecule has 3 heterocycles. The van der Waals surface area contributed by atoms with Crippen LogP contribution in [-0.4, -0.2) is 86.4 Å². The maximum atomic E-state index is 14.8. The number of carbonyl (C=O) groups excluding carboxylic acids is 4. The number of carboxylic acid groups (broad SMARTS) is 1. The normalized spacial score (nSPS) is 17.8. The number of aromatic nitrogens is 1. The minimum absolute atomic E-state index is 0.0292. The lowest BCUT2D eigenvalue weighted by Crippen LogP contribution is -2.58. The topological polar surface area (TPSA) is 187 Å². The Kier molecular flexibility index (Phi) is 7.81. The highest BCUT2D eigenvalue weighted by Crippen LogP contribution is 2.37. The Morgan fingerprint density at radius 2 is 2.00 bits per heavy atom. The van der Waals surface area contributed by atoms with Gasteiger partial charge < -0.3 is 30.1 Å². The standard InChI is InChI=1S/C24H24BFN4O9/c1-2-29-6-7-30(22(34)21(29)33)24(37)28-19(18-16(26)10-14(31)11-27-18)17(32)9-13-8-12-4-3-5-15(23(35)36)20(12)39-25(13)38/h3-5,10-11,13,19,31,38H,2,6-9H2,1H3,(H,28,37)(H,35,36)/t13-,19?/m1/s1. The van der Waals surface area contributed by atoms with Crippen LogP contribution in [0.1, 0.15) is 41.0 Å². The molecule has 4 rings (SSSR count). The van der Waals surface area contributed by atoms with Gasteiger partial charge in [-0.25, -0.2) is 14.0 Å². The number of benzene rings is 1. The summed E-state index contributed by atoms with van der Waals surface area (Å²) in [5, 5.41) is 31.7. The van der Waals surface area contributed by atoms with Crippen LogP contribution in [0.15, 0.2) is 30.5 Å². The number of fused-ring (bicyclic) bond motifs is 1. The Hall–Kier alpha value is -4.53. The van der Waals surface area contributed by atoms with Gasteiger partial charge in [-0.15, -0.1) is 0 Å². The monoisotopic (exact) mass is 542 g/mol. The number of halogens is 1. The van der Waals surface area contributed by atoms with Gasteiger partial charge in [-0.2, -0.15) is 0 Å². The molecule has 204 valence electrons. The molecule has 15 heteroatoms. The van der Waals surface area contributed by atoms with Crippen molar-refractivity contribution in [2.45, 2.75) is 31.6 Å². The average Bonchev–Trinajstić information content (AvgIpc) is 2.89. The van der Waals surface area contributed by atoms with Gasteiger partial charge >= 0.3 is 30.9 Å². The SMILES string of the molecule is CCN1CCN(C(=O)NC(C(=O)C[C@H]2Cc3cccc(C(=O)O)c3OB2O)c2ncc(O)cc2F)C(=O)C1=O. The lowest BCUT2D eigenvalue weighted by atomic mass is 9.64. The van der Waals surface area contributed by atoms with E-state index in [9.17, 15) is 43.6 Å². The molecule has 1 saturated heterocycles. The van der Waals surface area contributed by atoms with Crippen molar-refractivity contribution in [2.75, 3.05) is 19.6 Å². The lowest BCUT2D eigenvalue weighted by Gasteiger charge is -2.33. The molecule has 0 saturated carbocycles. The maximum absolute atomic E-state index is 14.8. The number of carbonyl (C=O) groups is 5.